The first-order valence-electron chi connectivity index (χ1n) is 7.42. The summed E-state index contributed by atoms with van der Waals surface area (Å²) in [4.78, 5) is 11.7. The molecule has 1 atom stereocenters. The molecule has 2 heterocycles. The fraction of sp³-hybridized carbons (Fsp3) is 0.733. The van der Waals surface area contributed by atoms with E-state index in [4.69, 9.17) is 0 Å². The summed E-state index contributed by atoms with van der Waals surface area (Å²) >= 11 is 0. The van der Waals surface area contributed by atoms with Crippen LogP contribution in [0.1, 0.15) is 45.1 Å². The Balaban J connectivity index is 2.09. The number of rotatable bonds is 5. The minimum Gasteiger partial charge on any atom is -0.370 e. The van der Waals surface area contributed by atoms with E-state index >= 15 is 0 Å². The van der Waals surface area contributed by atoms with E-state index in [1.54, 1.807) is 0 Å². The highest BCUT2D eigenvalue weighted by Crippen LogP contribution is 2.25. The molecule has 0 spiro atoms. The largest absolute Gasteiger partial charge is 0.370 e. The fourth-order valence-corrected chi connectivity index (χ4v) is 2.96. The lowest BCUT2D eigenvalue weighted by atomic mass is 10.0. The Hall–Kier alpha value is -1.16. The molecule has 1 N–H and O–H groups in total. The normalized spacial score (nSPS) is 20.2. The smallest absolute Gasteiger partial charge is 0.144 e. The molecule has 0 saturated carbocycles. The number of hydrogen-bond donors (Lipinski definition) is 1. The molecule has 4 nitrogen and oxygen atoms in total. The van der Waals surface area contributed by atoms with Crippen LogP contribution in [0.5, 0.6) is 0 Å². The van der Waals surface area contributed by atoms with Crippen LogP contribution in [0.4, 0.5) is 5.82 Å². The van der Waals surface area contributed by atoms with E-state index < -0.39 is 0 Å². The maximum atomic E-state index is 4.62. The average Bonchev–Trinajstić information content (AvgIpc) is 2.76. The molecule has 1 saturated heterocycles. The van der Waals surface area contributed by atoms with Crippen molar-refractivity contribution in [3.63, 3.8) is 0 Å². The van der Waals surface area contributed by atoms with Crippen LogP contribution in [-0.2, 0) is 6.54 Å². The van der Waals surface area contributed by atoms with Crippen molar-refractivity contribution in [3.05, 3.63) is 17.6 Å². The summed E-state index contributed by atoms with van der Waals surface area (Å²) < 4.78 is 0. The predicted octanol–water partition coefficient (Wildman–Crippen LogP) is 2.84. The molecule has 1 aliphatic rings. The summed E-state index contributed by atoms with van der Waals surface area (Å²) in [5.41, 5.74) is 1.04. The highest BCUT2D eigenvalue weighted by Gasteiger charge is 2.27. The fourth-order valence-electron chi connectivity index (χ4n) is 2.96. The van der Waals surface area contributed by atoms with Crippen molar-refractivity contribution in [2.75, 3.05) is 18.4 Å². The number of aromatic nitrogens is 2. The Morgan fingerprint density at radius 3 is 2.89 bits per heavy atom. The van der Waals surface area contributed by atoms with E-state index in [-0.39, 0.29) is 0 Å². The molecule has 4 heteroatoms. The van der Waals surface area contributed by atoms with Crippen molar-refractivity contribution < 1.29 is 0 Å². The molecule has 0 aliphatic carbocycles. The molecule has 1 aromatic rings. The van der Waals surface area contributed by atoms with Gasteiger partial charge in [0.25, 0.3) is 0 Å². The van der Waals surface area contributed by atoms with Crippen molar-refractivity contribution in [2.45, 2.75) is 53.1 Å². The van der Waals surface area contributed by atoms with Crippen molar-refractivity contribution in [1.82, 2.24) is 14.9 Å². The topological polar surface area (TPSA) is 41.1 Å². The van der Waals surface area contributed by atoms with E-state index in [0.717, 1.165) is 30.4 Å². The molecule has 1 aromatic heterocycles. The number of aryl methyl sites for hydroxylation is 1. The van der Waals surface area contributed by atoms with Crippen LogP contribution in [0.2, 0.25) is 0 Å². The molecular weight excluding hydrogens is 236 g/mol. The summed E-state index contributed by atoms with van der Waals surface area (Å²) in [6.07, 6.45) is 2.61. The zero-order valence-electron chi connectivity index (χ0n) is 12.6. The van der Waals surface area contributed by atoms with Gasteiger partial charge in [-0.15, -0.1) is 0 Å². The minimum atomic E-state index is 0.687. The van der Waals surface area contributed by atoms with Gasteiger partial charge in [-0.05, 0) is 39.2 Å². The van der Waals surface area contributed by atoms with E-state index in [9.17, 15) is 0 Å². The van der Waals surface area contributed by atoms with Crippen molar-refractivity contribution >= 4 is 5.82 Å². The Kier molecular flexibility index (Phi) is 4.75. The van der Waals surface area contributed by atoms with Gasteiger partial charge in [0.2, 0.25) is 0 Å². The standard InChI is InChI=1S/C15H26N4/c1-5-16-14-9-12(4)17-15(18-14)10-19-8-6-7-13(19)11(2)3/h9,11,13H,5-8,10H2,1-4H3,(H,16,17,18). The third-order valence-electron chi connectivity index (χ3n) is 3.79. The van der Waals surface area contributed by atoms with Gasteiger partial charge in [0.1, 0.15) is 11.6 Å². The molecule has 0 amide bonds. The molecule has 2 rings (SSSR count). The summed E-state index contributed by atoms with van der Waals surface area (Å²) in [5, 5.41) is 3.28. The molecule has 0 bridgehead atoms. The lowest BCUT2D eigenvalue weighted by Gasteiger charge is -2.26. The molecule has 0 radical (unpaired) electrons. The summed E-state index contributed by atoms with van der Waals surface area (Å²) in [6, 6.07) is 2.70. The quantitative estimate of drug-likeness (QED) is 0.886. The van der Waals surface area contributed by atoms with Crippen LogP contribution in [0.15, 0.2) is 6.07 Å². The number of likely N-dealkylation sites (tertiary alicyclic amines) is 1. The molecule has 0 aromatic carbocycles. The Bertz CT molecular complexity index is 417. The Labute approximate surface area is 116 Å². The second kappa shape index (κ2) is 6.33. The van der Waals surface area contributed by atoms with Crippen LogP contribution in [0.25, 0.3) is 0 Å². The summed E-state index contributed by atoms with van der Waals surface area (Å²) in [6.45, 7) is 11.7. The molecule has 19 heavy (non-hydrogen) atoms. The van der Waals surface area contributed by atoms with E-state index in [0.29, 0.717) is 12.0 Å². The first-order chi connectivity index (χ1) is 9.10. The molecule has 1 unspecified atom stereocenters. The van der Waals surface area contributed by atoms with E-state index in [1.807, 2.05) is 13.0 Å². The molecule has 106 valence electrons. The predicted molar refractivity (Wildman–Crippen MR) is 79.2 cm³/mol. The lowest BCUT2D eigenvalue weighted by Crippen LogP contribution is -2.33. The van der Waals surface area contributed by atoms with Gasteiger partial charge in [0, 0.05) is 24.3 Å². The Morgan fingerprint density at radius 1 is 1.42 bits per heavy atom. The number of hydrogen-bond acceptors (Lipinski definition) is 4. The van der Waals surface area contributed by atoms with Gasteiger partial charge in [-0.2, -0.15) is 0 Å². The van der Waals surface area contributed by atoms with Crippen LogP contribution >= 0.6 is 0 Å². The first-order valence-corrected chi connectivity index (χ1v) is 7.42. The van der Waals surface area contributed by atoms with Gasteiger partial charge in [-0.25, -0.2) is 9.97 Å². The SMILES string of the molecule is CCNc1cc(C)nc(CN2CCCC2C(C)C)n1. The van der Waals surface area contributed by atoms with Gasteiger partial charge in [-0.3, -0.25) is 4.90 Å². The maximum Gasteiger partial charge on any atom is 0.144 e. The number of nitrogens with one attached hydrogen (secondary N) is 1. The van der Waals surface area contributed by atoms with Gasteiger partial charge in [-0.1, -0.05) is 13.8 Å². The first kappa shape index (κ1) is 14.3. The molecule has 1 aliphatic heterocycles. The summed E-state index contributed by atoms with van der Waals surface area (Å²) in [7, 11) is 0. The maximum absolute atomic E-state index is 4.62. The van der Waals surface area contributed by atoms with Crippen molar-refractivity contribution in [2.24, 2.45) is 5.92 Å². The van der Waals surface area contributed by atoms with Crippen molar-refractivity contribution in [3.8, 4) is 0 Å². The van der Waals surface area contributed by atoms with Gasteiger partial charge >= 0.3 is 0 Å². The average molecular weight is 262 g/mol. The lowest BCUT2D eigenvalue weighted by molar-refractivity contribution is 0.194. The zero-order valence-corrected chi connectivity index (χ0v) is 12.6. The third-order valence-corrected chi connectivity index (χ3v) is 3.79. The number of anilines is 1. The highest BCUT2D eigenvalue weighted by molar-refractivity contribution is 5.35. The summed E-state index contributed by atoms with van der Waals surface area (Å²) in [5.74, 6) is 2.61. The minimum absolute atomic E-state index is 0.687. The number of nitrogens with zero attached hydrogens (tertiary/aromatic N) is 3. The zero-order chi connectivity index (χ0) is 13.8. The van der Waals surface area contributed by atoms with Crippen LogP contribution in [0, 0.1) is 12.8 Å². The second-order valence-electron chi connectivity index (χ2n) is 5.77. The van der Waals surface area contributed by atoms with E-state index in [1.165, 1.54) is 19.4 Å². The van der Waals surface area contributed by atoms with Crippen LogP contribution in [0.3, 0.4) is 0 Å². The van der Waals surface area contributed by atoms with Gasteiger partial charge in [0.05, 0.1) is 6.54 Å². The monoisotopic (exact) mass is 262 g/mol. The van der Waals surface area contributed by atoms with Crippen LogP contribution < -0.4 is 5.32 Å². The van der Waals surface area contributed by atoms with Crippen molar-refractivity contribution in [1.29, 1.82) is 0 Å². The molecular formula is C15H26N4. The van der Waals surface area contributed by atoms with Gasteiger partial charge < -0.3 is 5.32 Å². The third kappa shape index (κ3) is 3.66. The second-order valence-corrected chi connectivity index (χ2v) is 5.77. The Morgan fingerprint density at radius 2 is 2.21 bits per heavy atom. The highest BCUT2D eigenvalue weighted by atomic mass is 15.2. The molecule has 1 fully saturated rings. The van der Waals surface area contributed by atoms with Gasteiger partial charge in [0.15, 0.2) is 0 Å². The van der Waals surface area contributed by atoms with Crippen LogP contribution in [-0.4, -0.2) is 34.0 Å². The van der Waals surface area contributed by atoms with E-state index in [2.05, 4.69) is 41.0 Å².